The normalized spacial score (nSPS) is 10.2. The molecule has 1 aromatic heterocycles. The van der Waals surface area contributed by atoms with Crippen LogP contribution in [-0.4, -0.2) is 24.6 Å². The van der Waals surface area contributed by atoms with E-state index >= 15 is 0 Å². The lowest BCUT2D eigenvalue weighted by molar-refractivity contribution is 0.0953. The molecule has 2 N–H and O–H groups in total. The predicted molar refractivity (Wildman–Crippen MR) is 114 cm³/mol. The van der Waals surface area contributed by atoms with E-state index in [-0.39, 0.29) is 24.2 Å². The molecule has 1 heterocycles. The van der Waals surface area contributed by atoms with Gasteiger partial charge in [-0.1, -0.05) is 18.2 Å². The summed E-state index contributed by atoms with van der Waals surface area (Å²) >= 11 is 1.38. The van der Waals surface area contributed by atoms with Crippen LogP contribution in [0.5, 0.6) is 5.75 Å². The van der Waals surface area contributed by atoms with Gasteiger partial charge in [0.1, 0.15) is 5.75 Å². The van der Waals surface area contributed by atoms with Gasteiger partial charge in [0.25, 0.3) is 11.8 Å². The Bertz CT molecular complexity index is 1020. The molecule has 8 heteroatoms. The summed E-state index contributed by atoms with van der Waals surface area (Å²) in [6.45, 7) is 2.25. The second-order valence-corrected chi connectivity index (χ2v) is 7.07. The van der Waals surface area contributed by atoms with Gasteiger partial charge in [-0.2, -0.15) is 0 Å². The van der Waals surface area contributed by atoms with E-state index in [0.717, 1.165) is 5.56 Å². The Morgan fingerprint density at radius 3 is 2.47 bits per heavy atom. The van der Waals surface area contributed by atoms with E-state index in [9.17, 15) is 14.4 Å². The molecule has 0 fully saturated rings. The average Bonchev–Trinajstić information content (AvgIpc) is 3.28. The summed E-state index contributed by atoms with van der Waals surface area (Å²) in [5.41, 5.74) is 1.87. The molecular weight excluding hydrogens is 404 g/mol. The van der Waals surface area contributed by atoms with Gasteiger partial charge in [-0.3, -0.25) is 9.59 Å². The topological polar surface area (TPSA) is 93.7 Å². The average molecular weight is 424 g/mol. The number of hydrogen-bond acceptors (Lipinski definition) is 6. The highest BCUT2D eigenvalue weighted by Crippen LogP contribution is 2.16. The van der Waals surface area contributed by atoms with E-state index in [4.69, 9.17) is 9.47 Å². The summed E-state index contributed by atoms with van der Waals surface area (Å²) in [6.07, 6.45) is -0.794. The highest BCUT2D eigenvalue weighted by Gasteiger charge is 2.10. The van der Waals surface area contributed by atoms with E-state index in [0.29, 0.717) is 22.7 Å². The first-order valence-corrected chi connectivity index (χ1v) is 10.1. The summed E-state index contributed by atoms with van der Waals surface area (Å²) < 4.78 is 9.67. The Morgan fingerprint density at radius 2 is 1.77 bits per heavy atom. The van der Waals surface area contributed by atoms with Crippen molar-refractivity contribution in [3.8, 4) is 5.75 Å². The summed E-state index contributed by atoms with van der Waals surface area (Å²) in [4.78, 5) is 36.5. The number of amides is 2. The minimum Gasteiger partial charge on any atom is -0.434 e. The van der Waals surface area contributed by atoms with Crippen LogP contribution in [0, 0.1) is 0 Å². The monoisotopic (exact) mass is 424 g/mol. The first-order valence-electron chi connectivity index (χ1n) is 9.22. The molecule has 7 nitrogen and oxygen atoms in total. The Balaban J connectivity index is 1.56. The first kappa shape index (κ1) is 21.1. The van der Waals surface area contributed by atoms with E-state index in [1.807, 2.05) is 17.5 Å². The Hall–Kier alpha value is -3.65. The molecular formula is C22H20N2O5S. The summed E-state index contributed by atoms with van der Waals surface area (Å²) in [7, 11) is 0. The quantitative estimate of drug-likeness (QED) is 0.431. The molecule has 0 aliphatic heterocycles. The third-order valence-corrected chi connectivity index (χ3v) is 4.83. The summed E-state index contributed by atoms with van der Waals surface area (Å²) in [5.74, 6) is -0.157. The van der Waals surface area contributed by atoms with Crippen molar-refractivity contribution in [2.45, 2.75) is 13.5 Å². The van der Waals surface area contributed by atoms with Crippen LogP contribution in [0.4, 0.5) is 10.5 Å². The van der Waals surface area contributed by atoms with E-state index in [1.165, 1.54) is 23.5 Å². The maximum Gasteiger partial charge on any atom is 0.513 e. The maximum atomic E-state index is 12.5. The van der Waals surface area contributed by atoms with Crippen molar-refractivity contribution in [1.29, 1.82) is 0 Å². The number of hydrogen-bond donors (Lipinski definition) is 2. The van der Waals surface area contributed by atoms with Crippen LogP contribution >= 0.6 is 11.3 Å². The van der Waals surface area contributed by atoms with Crippen molar-refractivity contribution in [2.75, 3.05) is 11.9 Å². The first-order chi connectivity index (χ1) is 14.5. The molecule has 0 bridgehead atoms. The van der Waals surface area contributed by atoms with Crippen LogP contribution in [0.2, 0.25) is 0 Å². The van der Waals surface area contributed by atoms with Gasteiger partial charge in [0.2, 0.25) is 0 Å². The molecule has 0 saturated heterocycles. The SMILES string of the molecule is CCOC(=O)Oc1ccc(C(=O)Nc2cccc(CNC(=O)c3cccs3)c2)cc1. The van der Waals surface area contributed by atoms with Gasteiger partial charge < -0.3 is 20.1 Å². The van der Waals surface area contributed by atoms with E-state index in [2.05, 4.69) is 10.6 Å². The van der Waals surface area contributed by atoms with Crippen molar-refractivity contribution in [3.63, 3.8) is 0 Å². The molecule has 3 aromatic rings. The van der Waals surface area contributed by atoms with Gasteiger partial charge in [0.15, 0.2) is 0 Å². The molecule has 2 amide bonds. The lowest BCUT2D eigenvalue weighted by atomic mass is 10.1. The van der Waals surface area contributed by atoms with Crippen LogP contribution in [0.15, 0.2) is 66.0 Å². The fraction of sp³-hybridized carbons (Fsp3) is 0.136. The third-order valence-electron chi connectivity index (χ3n) is 3.96. The van der Waals surface area contributed by atoms with Crippen LogP contribution in [-0.2, 0) is 11.3 Å². The van der Waals surface area contributed by atoms with Gasteiger partial charge in [0, 0.05) is 17.8 Å². The molecule has 3 rings (SSSR count). The predicted octanol–water partition coefficient (Wildman–Crippen LogP) is 4.47. The zero-order chi connectivity index (χ0) is 21.3. The number of thiophene rings is 1. The third kappa shape index (κ3) is 5.92. The molecule has 2 aromatic carbocycles. The van der Waals surface area contributed by atoms with Crippen molar-refractivity contribution in [3.05, 3.63) is 82.0 Å². The highest BCUT2D eigenvalue weighted by atomic mass is 32.1. The van der Waals surface area contributed by atoms with Crippen LogP contribution < -0.4 is 15.4 Å². The Labute approximate surface area is 177 Å². The lowest BCUT2D eigenvalue weighted by Gasteiger charge is -2.09. The van der Waals surface area contributed by atoms with E-state index in [1.54, 1.807) is 43.3 Å². The molecule has 0 spiro atoms. The van der Waals surface area contributed by atoms with Gasteiger partial charge in [-0.05, 0) is 60.3 Å². The summed E-state index contributed by atoms with van der Waals surface area (Å²) in [6, 6.07) is 17.0. The molecule has 154 valence electrons. The molecule has 0 aliphatic rings. The number of anilines is 1. The zero-order valence-electron chi connectivity index (χ0n) is 16.2. The smallest absolute Gasteiger partial charge is 0.434 e. The minimum atomic E-state index is -0.794. The number of nitrogens with one attached hydrogen (secondary N) is 2. The summed E-state index contributed by atoms with van der Waals surface area (Å²) in [5, 5.41) is 7.51. The zero-order valence-corrected chi connectivity index (χ0v) is 17.0. The van der Waals surface area contributed by atoms with Crippen LogP contribution in [0.3, 0.4) is 0 Å². The Morgan fingerprint density at radius 1 is 0.967 bits per heavy atom. The second kappa shape index (κ2) is 10.2. The van der Waals surface area contributed by atoms with Crippen molar-refractivity contribution in [2.24, 2.45) is 0 Å². The van der Waals surface area contributed by atoms with Gasteiger partial charge in [0.05, 0.1) is 11.5 Å². The number of rotatable bonds is 7. The van der Waals surface area contributed by atoms with Gasteiger partial charge >= 0.3 is 6.16 Å². The molecule has 30 heavy (non-hydrogen) atoms. The van der Waals surface area contributed by atoms with Crippen molar-refractivity contribution >= 4 is 35.0 Å². The standard InChI is InChI=1S/C22H20N2O5S/c1-2-28-22(27)29-18-10-8-16(9-11-18)20(25)24-17-6-3-5-15(13-17)14-23-21(26)19-7-4-12-30-19/h3-13H,2,14H2,1H3,(H,23,26)(H,24,25). The van der Waals surface area contributed by atoms with E-state index < -0.39 is 6.16 Å². The molecule has 0 radical (unpaired) electrons. The minimum absolute atomic E-state index is 0.135. The number of carbonyl (C=O) groups excluding carboxylic acids is 3. The number of ether oxygens (including phenoxy) is 2. The van der Waals surface area contributed by atoms with Crippen molar-refractivity contribution in [1.82, 2.24) is 5.32 Å². The van der Waals surface area contributed by atoms with Gasteiger partial charge in [-0.15, -0.1) is 11.3 Å². The lowest BCUT2D eigenvalue weighted by Crippen LogP contribution is -2.21. The fourth-order valence-corrected chi connectivity index (χ4v) is 3.20. The molecule has 0 saturated carbocycles. The number of carbonyl (C=O) groups is 3. The molecule has 0 atom stereocenters. The fourth-order valence-electron chi connectivity index (χ4n) is 2.56. The highest BCUT2D eigenvalue weighted by molar-refractivity contribution is 7.12. The van der Waals surface area contributed by atoms with Crippen LogP contribution in [0.25, 0.3) is 0 Å². The molecule has 0 unspecified atom stereocenters. The number of benzene rings is 2. The van der Waals surface area contributed by atoms with Crippen molar-refractivity contribution < 1.29 is 23.9 Å². The second-order valence-electron chi connectivity index (χ2n) is 6.12. The largest absolute Gasteiger partial charge is 0.513 e. The van der Waals surface area contributed by atoms with Crippen LogP contribution in [0.1, 0.15) is 32.5 Å². The maximum absolute atomic E-state index is 12.5. The molecule has 0 aliphatic carbocycles. The Kier molecular flexibility index (Phi) is 7.18. The van der Waals surface area contributed by atoms with Gasteiger partial charge in [-0.25, -0.2) is 4.79 Å².